The van der Waals surface area contributed by atoms with Gasteiger partial charge in [-0.25, -0.2) is 0 Å². The van der Waals surface area contributed by atoms with Gasteiger partial charge in [0.15, 0.2) is 5.69 Å². The second-order valence-electron chi connectivity index (χ2n) is 2.37. The van der Waals surface area contributed by atoms with E-state index in [0.29, 0.717) is 5.69 Å². The first kappa shape index (κ1) is 9.82. The van der Waals surface area contributed by atoms with Crippen molar-refractivity contribution in [2.24, 2.45) is 7.05 Å². The molecule has 6 heteroatoms. The lowest BCUT2D eigenvalue weighted by atomic mass is 10.4. The lowest BCUT2D eigenvalue weighted by Crippen LogP contribution is -2.08. The zero-order valence-corrected chi connectivity index (χ0v) is 8.56. The summed E-state index contributed by atoms with van der Waals surface area (Å²) in [6.45, 7) is 1.60. The molecule has 12 heavy (non-hydrogen) atoms. The highest BCUT2D eigenvalue weighted by Gasteiger charge is 2.37. The van der Waals surface area contributed by atoms with Crippen LogP contribution in [-0.4, -0.2) is 9.78 Å². The summed E-state index contributed by atoms with van der Waals surface area (Å²) >= 11 is 1.65. The molecular formula is C6H6F3IN2. The lowest BCUT2D eigenvalue weighted by molar-refractivity contribution is -0.142. The summed E-state index contributed by atoms with van der Waals surface area (Å²) in [4.78, 5) is 0. The van der Waals surface area contributed by atoms with Crippen molar-refractivity contribution in [1.82, 2.24) is 9.78 Å². The number of nitrogens with zero attached hydrogens (tertiary/aromatic N) is 2. The van der Waals surface area contributed by atoms with Gasteiger partial charge in [-0.2, -0.15) is 18.3 Å². The van der Waals surface area contributed by atoms with Gasteiger partial charge in [-0.05, 0) is 29.5 Å². The molecule has 0 fully saturated rings. The lowest BCUT2D eigenvalue weighted by Gasteiger charge is -2.01. The third-order valence-electron chi connectivity index (χ3n) is 1.53. The monoisotopic (exact) mass is 290 g/mol. The van der Waals surface area contributed by atoms with Gasteiger partial charge in [0.25, 0.3) is 0 Å². The van der Waals surface area contributed by atoms with E-state index in [1.54, 1.807) is 29.5 Å². The Morgan fingerprint density at radius 3 is 2.08 bits per heavy atom. The number of hydrogen-bond acceptors (Lipinski definition) is 1. The largest absolute Gasteiger partial charge is 0.436 e. The highest BCUT2D eigenvalue weighted by Crippen LogP contribution is 2.32. The maximum Gasteiger partial charge on any atom is 0.436 e. The fraction of sp³-hybridized carbons (Fsp3) is 0.500. The minimum absolute atomic E-state index is 0.169. The van der Waals surface area contributed by atoms with Crippen molar-refractivity contribution in [2.75, 3.05) is 0 Å². The summed E-state index contributed by atoms with van der Waals surface area (Å²) in [6, 6.07) is 0. The van der Waals surface area contributed by atoms with Gasteiger partial charge >= 0.3 is 6.18 Å². The Morgan fingerprint density at radius 1 is 1.42 bits per heavy atom. The quantitative estimate of drug-likeness (QED) is 0.671. The average molecular weight is 290 g/mol. The molecule has 0 saturated carbocycles. The van der Waals surface area contributed by atoms with Gasteiger partial charge in [-0.1, -0.05) is 0 Å². The predicted octanol–water partition coefficient (Wildman–Crippen LogP) is 2.35. The zero-order valence-electron chi connectivity index (χ0n) is 6.41. The van der Waals surface area contributed by atoms with Crippen LogP contribution in [0.4, 0.5) is 13.2 Å². The van der Waals surface area contributed by atoms with Gasteiger partial charge in [0.05, 0.1) is 3.57 Å². The van der Waals surface area contributed by atoms with E-state index in [2.05, 4.69) is 5.10 Å². The Morgan fingerprint density at radius 2 is 1.92 bits per heavy atom. The number of aromatic nitrogens is 2. The molecule has 0 bridgehead atoms. The molecule has 0 unspecified atom stereocenters. The molecule has 1 heterocycles. The van der Waals surface area contributed by atoms with Crippen molar-refractivity contribution in [3.63, 3.8) is 0 Å². The second-order valence-corrected chi connectivity index (χ2v) is 3.45. The van der Waals surface area contributed by atoms with Gasteiger partial charge in [-0.3, -0.25) is 4.68 Å². The van der Waals surface area contributed by atoms with Crippen molar-refractivity contribution in [2.45, 2.75) is 13.1 Å². The van der Waals surface area contributed by atoms with E-state index in [9.17, 15) is 13.2 Å². The van der Waals surface area contributed by atoms with Gasteiger partial charge in [0.2, 0.25) is 0 Å². The number of halogens is 4. The van der Waals surface area contributed by atoms with E-state index in [1.165, 1.54) is 11.7 Å². The normalized spacial score (nSPS) is 12.2. The number of rotatable bonds is 0. The maximum atomic E-state index is 12.2. The standard InChI is InChI=1S/C6H6F3IN2/c1-3-4(10)5(6(7,8)9)11-12(3)2/h1-2H3. The molecule has 0 spiro atoms. The molecule has 1 aromatic rings. The van der Waals surface area contributed by atoms with Crippen LogP contribution >= 0.6 is 22.6 Å². The second kappa shape index (κ2) is 2.90. The maximum absolute atomic E-state index is 12.2. The van der Waals surface area contributed by atoms with Gasteiger partial charge in [0.1, 0.15) is 0 Å². The molecule has 68 valence electrons. The molecule has 0 aromatic carbocycles. The topological polar surface area (TPSA) is 17.8 Å². The van der Waals surface area contributed by atoms with E-state index in [4.69, 9.17) is 0 Å². The van der Waals surface area contributed by atoms with Crippen molar-refractivity contribution in [3.8, 4) is 0 Å². The van der Waals surface area contributed by atoms with E-state index >= 15 is 0 Å². The summed E-state index contributed by atoms with van der Waals surface area (Å²) in [5.41, 5.74) is -0.272. The number of aryl methyl sites for hydroxylation is 1. The highest BCUT2D eigenvalue weighted by atomic mass is 127. The molecule has 0 radical (unpaired) electrons. The smallest absolute Gasteiger partial charge is 0.271 e. The Hall–Kier alpha value is -0.270. The van der Waals surface area contributed by atoms with E-state index in [1.807, 2.05) is 0 Å². The van der Waals surface area contributed by atoms with Crippen LogP contribution in [0.25, 0.3) is 0 Å². The van der Waals surface area contributed by atoms with Gasteiger partial charge < -0.3 is 0 Å². The van der Waals surface area contributed by atoms with Crippen molar-refractivity contribution in [1.29, 1.82) is 0 Å². The molecule has 0 aliphatic carbocycles. The van der Waals surface area contributed by atoms with Crippen molar-refractivity contribution < 1.29 is 13.2 Å². The van der Waals surface area contributed by atoms with Crippen LogP contribution in [0.2, 0.25) is 0 Å². The Bertz CT molecular complexity index is 302. The summed E-state index contributed by atoms with van der Waals surface area (Å²) in [5, 5.41) is 3.37. The molecule has 0 atom stereocenters. The summed E-state index contributed by atoms with van der Waals surface area (Å²) < 4.78 is 37.9. The third-order valence-corrected chi connectivity index (χ3v) is 2.82. The van der Waals surface area contributed by atoms with E-state index in [-0.39, 0.29) is 3.57 Å². The van der Waals surface area contributed by atoms with E-state index < -0.39 is 11.9 Å². The van der Waals surface area contributed by atoms with Crippen LogP contribution in [0.5, 0.6) is 0 Å². The van der Waals surface area contributed by atoms with E-state index in [0.717, 1.165) is 0 Å². The summed E-state index contributed by atoms with van der Waals surface area (Å²) in [6.07, 6.45) is -4.34. The fourth-order valence-corrected chi connectivity index (χ4v) is 1.53. The van der Waals surface area contributed by atoms with Crippen LogP contribution in [0.3, 0.4) is 0 Å². The number of alkyl halides is 3. The first-order valence-electron chi connectivity index (χ1n) is 3.10. The average Bonchev–Trinajstić information content (AvgIpc) is 2.15. The first-order chi connectivity index (χ1) is 5.34. The number of hydrogen-bond donors (Lipinski definition) is 0. The van der Waals surface area contributed by atoms with Crippen LogP contribution in [0, 0.1) is 10.5 Å². The van der Waals surface area contributed by atoms with Crippen LogP contribution in [-0.2, 0) is 13.2 Å². The molecule has 1 aromatic heterocycles. The molecule has 0 N–H and O–H groups in total. The summed E-state index contributed by atoms with van der Waals surface area (Å²) in [7, 11) is 1.49. The van der Waals surface area contributed by atoms with Crippen molar-refractivity contribution >= 4 is 22.6 Å². The van der Waals surface area contributed by atoms with Crippen LogP contribution in [0.1, 0.15) is 11.4 Å². The Labute approximate surface area is 80.9 Å². The summed E-state index contributed by atoms with van der Waals surface area (Å²) in [5.74, 6) is 0. The van der Waals surface area contributed by atoms with Crippen molar-refractivity contribution in [3.05, 3.63) is 15.0 Å². The molecular weight excluding hydrogens is 284 g/mol. The molecule has 0 amide bonds. The SMILES string of the molecule is Cc1c(I)c(C(F)(F)F)nn1C. The minimum Gasteiger partial charge on any atom is -0.271 e. The third kappa shape index (κ3) is 1.57. The zero-order chi connectivity index (χ0) is 9.52. The molecule has 0 aliphatic rings. The predicted molar refractivity (Wildman–Crippen MR) is 45.7 cm³/mol. The highest BCUT2D eigenvalue weighted by molar-refractivity contribution is 14.1. The fourth-order valence-electron chi connectivity index (χ4n) is 0.763. The van der Waals surface area contributed by atoms with Crippen LogP contribution in [0.15, 0.2) is 0 Å². The Balaban J connectivity index is 3.28. The molecule has 0 saturated heterocycles. The van der Waals surface area contributed by atoms with Gasteiger partial charge in [-0.15, -0.1) is 0 Å². The minimum atomic E-state index is -4.34. The molecule has 2 nitrogen and oxygen atoms in total. The first-order valence-corrected chi connectivity index (χ1v) is 4.18. The van der Waals surface area contributed by atoms with Gasteiger partial charge in [0, 0.05) is 12.7 Å². The van der Waals surface area contributed by atoms with Crippen LogP contribution < -0.4 is 0 Å². The molecule has 1 rings (SSSR count). The Kier molecular flexibility index (Phi) is 2.37. The molecule has 0 aliphatic heterocycles.